The lowest BCUT2D eigenvalue weighted by Crippen LogP contribution is -2.42. The SMILES string of the molecule is C[C@@H](COCc1ccccc1)NC(=O)C(C)(C)C.C[C@@H]1CCCN1C(=O)C(c1ccccc1)n1cnc(NC=O)c1. The molecule has 220 valence electrons. The summed E-state index contributed by atoms with van der Waals surface area (Å²) in [6.45, 7) is 11.6. The third-order valence-electron chi connectivity index (χ3n) is 6.83. The number of carbonyl (C=O) groups is 3. The molecule has 0 radical (unpaired) electrons. The first-order valence-electron chi connectivity index (χ1n) is 14.1. The van der Waals surface area contributed by atoms with Crippen LogP contribution in [0.4, 0.5) is 5.82 Å². The highest BCUT2D eigenvalue weighted by atomic mass is 16.5. The van der Waals surface area contributed by atoms with Gasteiger partial charge in [0.15, 0.2) is 5.82 Å². The van der Waals surface area contributed by atoms with E-state index in [1.165, 1.54) is 0 Å². The van der Waals surface area contributed by atoms with Crippen LogP contribution in [0.5, 0.6) is 0 Å². The van der Waals surface area contributed by atoms with Crippen LogP contribution in [-0.4, -0.2) is 57.9 Å². The lowest BCUT2D eigenvalue weighted by atomic mass is 9.95. The highest BCUT2D eigenvalue weighted by Crippen LogP contribution is 2.27. The van der Waals surface area contributed by atoms with Gasteiger partial charge in [0, 0.05) is 30.2 Å². The second-order valence-corrected chi connectivity index (χ2v) is 11.4. The van der Waals surface area contributed by atoms with Crippen molar-refractivity contribution in [1.82, 2.24) is 19.8 Å². The molecule has 1 saturated heterocycles. The maximum absolute atomic E-state index is 13.1. The minimum Gasteiger partial charge on any atom is -0.375 e. The van der Waals surface area contributed by atoms with E-state index < -0.39 is 6.04 Å². The number of likely N-dealkylation sites (tertiary alicyclic amines) is 1. The van der Waals surface area contributed by atoms with Crippen molar-refractivity contribution in [2.75, 3.05) is 18.5 Å². The summed E-state index contributed by atoms with van der Waals surface area (Å²) in [6, 6.07) is 19.5. The molecular formula is C32H43N5O4. The smallest absolute Gasteiger partial charge is 0.250 e. The Bertz CT molecular complexity index is 1240. The van der Waals surface area contributed by atoms with Gasteiger partial charge in [-0.2, -0.15) is 0 Å². The molecule has 1 fully saturated rings. The van der Waals surface area contributed by atoms with Crippen LogP contribution in [0.2, 0.25) is 0 Å². The van der Waals surface area contributed by atoms with Gasteiger partial charge in [-0.15, -0.1) is 0 Å². The van der Waals surface area contributed by atoms with Crippen LogP contribution >= 0.6 is 0 Å². The molecule has 3 amide bonds. The Kier molecular flexibility index (Phi) is 11.6. The summed E-state index contributed by atoms with van der Waals surface area (Å²) in [5.74, 6) is 0.553. The molecule has 2 N–H and O–H groups in total. The first-order chi connectivity index (χ1) is 19.6. The quantitative estimate of drug-likeness (QED) is 0.346. The molecule has 1 aromatic heterocycles. The van der Waals surface area contributed by atoms with Crippen LogP contribution in [0.1, 0.15) is 64.6 Å². The second-order valence-electron chi connectivity index (χ2n) is 11.4. The lowest BCUT2D eigenvalue weighted by molar-refractivity contribution is -0.134. The van der Waals surface area contributed by atoms with Crippen LogP contribution in [0.3, 0.4) is 0 Å². The average Bonchev–Trinajstić information content (AvgIpc) is 3.59. The van der Waals surface area contributed by atoms with Crippen molar-refractivity contribution in [2.45, 2.75) is 72.2 Å². The van der Waals surface area contributed by atoms with Crippen LogP contribution in [0.15, 0.2) is 73.2 Å². The van der Waals surface area contributed by atoms with E-state index in [9.17, 15) is 14.4 Å². The van der Waals surface area contributed by atoms with Crippen LogP contribution in [-0.2, 0) is 25.7 Å². The van der Waals surface area contributed by atoms with Crippen molar-refractivity contribution in [1.29, 1.82) is 0 Å². The molecular weight excluding hydrogens is 518 g/mol. The fraction of sp³-hybridized carbons (Fsp3) is 0.438. The van der Waals surface area contributed by atoms with Gasteiger partial charge in [-0.3, -0.25) is 14.4 Å². The summed E-state index contributed by atoms with van der Waals surface area (Å²) in [5.41, 5.74) is 1.70. The third-order valence-corrected chi connectivity index (χ3v) is 6.83. The molecule has 2 heterocycles. The first-order valence-corrected chi connectivity index (χ1v) is 14.1. The summed E-state index contributed by atoms with van der Waals surface area (Å²) in [6.07, 6.45) is 5.92. The van der Waals surface area contributed by atoms with Gasteiger partial charge in [0.1, 0.15) is 6.04 Å². The van der Waals surface area contributed by atoms with Gasteiger partial charge in [-0.05, 0) is 37.8 Å². The van der Waals surface area contributed by atoms with Crippen LogP contribution in [0, 0.1) is 5.41 Å². The molecule has 41 heavy (non-hydrogen) atoms. The zero-order valence-corrected chi connectivity index (χ0v) is 24.7. The number of ether oxygens (including phenoxy) is 1. The maximum atomic E-state index is 13.1. The van der Waals surface area contributed by atoms with E-state index in [-0.39, 0.29) is 29.3 Å². The third kappa shape index (κ3) is 9.56. The van der Waals surface area contributed by atoms with Gasteiger partial charge >= 0.3 is 0 Å². The number of imidazole rings is 1. The molecule has 0 spiro atoms. The zero-order valence-electron chi connectivity index (χ0n) is 24.7. The molecule has 3 aromatic rings. The molecule has 1 aliphatic heterocycles. The molecule has 1 unspecified atom stereocenters. The van der Waals surface area contributed by atoms with Gasteiger partial charge in [-0.25, -0.2) is 4.98 Å². The first kappa shape index (κ1) is 31.5. The van der Waals surface area contributed by atoms with E-state index in [4.69, 9.17) is 4.74 Å². The van der Waals surface area contributed by atoms with Gasteiger partial charge in [0.2, 0.25) is 12.3 Å². The minimum absolute atomic E-state index is 0.0282. The number of hydrogen-bond donors (Lipinski definition) is 2. The van der Waals surface area contributed by atoms with Crippen molar-refractivity contribution >= 4 is 24.0 Å². The number of amides is 3. The van der Waals surface area contributed by atoms with Crippen molar-refractivity contribution in [2.24, 2.45) is 5.41 Å². The van der Waals surface area contributed by atoms with Crippen molar-refractivity contribution in [3.05, 3.63) is 84.3 Å². The predicted octanol–water partition coefficient (Wildman–Crippen LogP) is 4.81. The summed E-state index contributed by atoms with van der Waals surface area (Å²) in [5, 5.41) is 5.46. The van der Waals surface area contributed by atoms with E-state index in [2.05, 4.69) is 22.5 Å². The summed E-state index contributed by atoms with van der Waals surface area (Å²) in [7, 11) is 0. The zero-order chi connectivity index (χ0) is 29.8. The largest absolute Gasteiger partial charge is 0.375 e. The molecule has 4 rings (SSSR count). The fourth-order valence-electron chi connectivity index (χ4n) is 4.52. The van der Waals surface area contributed by atoms with Gasteiger partial charge < -0.3 is 24.8 Å². The number of rotatable bonds is 10. The molecule has 9 heteroatoms. The van der Waals surface area contributed by atoms with E-state index in [0.717, 1.165) is 30.5 Å². The van der Waals surface area contributed by atoms with Gasteiger partial charge in [0.25, 0.3) is 5.91 Å². The second kappa shape index (κ2) is 15.1. The maximum Gasteiger partial charge on any atom is 0.250 e. The number of hydrogen-bond acceptors (Lipinski definition) is 5. The van der Waals surface area contributed by atoms with E-state index in [1.807, 2.05) is 93.3 Å². The topological polar surface area (TPSA) is 106 Å². The van der Waals surface area contributed by atoms with Crippen LogP contribution in [0.25, 0.3) is 0 Å². The molecule has 9 nitrogen and oxygen atoms in total. The van der Waals surface area contributed by atoms with Crippen molar-refractivity contribution in [3.8, 4) is 0 Å². The van der Waals surface area contributed by atoms with Gasteiger partial charge in [0.05, 0.1) is 19.5 Å². The number of benzene rings is 2. The number of anilines is 1. The molecule has 2 aromatic carbocycles. The Morgan fingerprint density at radius 3 is 2.34 bits per heavy atom. The number of nitrogens with zero attached hydrogens (tertiary/aromatic N) is 3. The normalized spacial score (nSPS) is 16.2. The lowest BCUT2D eigenvalue weighted by Gasteiger charge is -2.27. The summed E-state index contributed by atoms with van der Waals surface area (Å²) >= 11 is 0. The Balaban J connectivity index is 0.000000233. The Labute approximate surface area is 243 Å². The van der Waals surface area contributed by atoms with E-state index in [1.54, 1.807) is 17.1 Å². The average molecular weight is 562 g/mol. The molecule has 0 saturated carbocycles. The van der Waals surface area contributed by atoms with Gasteiger partial charge in [-0.1, -0.05) is 81.4 Å². The Hall–Kier alpha value is -3.98. The van der Waals surface area contributed by atoms with E-state index in [0.29, 0.717) is 25.4 Å². The van der Waals surface area contributed by atoms with Crippen molar-refractivity contribution in [3.63, 3.8) is 0 Å². The molecule has 0 aliphatic carbocycles. The Morgan fingerprint density at radius 1 is 1.10 bits per heavy atom. The molecule has 1 aliphatic rings. The Morgan fingerprint density at radius 2 is 1.76 bits per heavy atom. The number of carbonyl (C=O) groups excluding carboxylic acids is 3. The highest BCUT2D eigenvalue weighted by molar-refractivity contribution is 5.84. The minimum atomic E-state index is -0.466. The predicted molar refractivity (Wildman–Crippen MR) is 160 cm³/mol. The fourth-order valence-corrected chi connectivity index (χ4v) is 4.52. The standard InChI is InChI=1S/C17H20N4O2.C15H23NO2/c1-13-6-5-9-21(13)17(23)16(14-7-3-2-4-8-14)20-10-15(18-11-20)19-12-22;1-12(16-14(17)15(2,3)4)10-18-11-13-8-6-5-7-9-13/h2-4,7-8,10-13,16H,5-6,9H2,1H3,(H,19,22);5-9,12H,10-11H2,1-4H3,(H,16,17)/t13-,16?;12-/m10/s1. The number of aromatic nitrogens is 2. The van der Waals surface area contributed by atoms with Crippen LogP contribution < -0.4 is 10.6 Å². The summed E-state index contributed by atoms with van der Waals surface area (Å²) in [4.78, 5) is 41.5. The summed E-state index contributed by atoms with van der Waals surface area (Å²) < 4.78 is 7.34. The van der Waals surface area contributed by atoms with E-state index >= 15 is 0 Å². The monoisotopic (exact) mass is 561 g/mol. The highest BCUT2D eigenvalue weighted by Gasteiger charge is 2.32. The number of nitrogens with one attached hydrogen (secondary N) is 2. The molecule has 3 atom stereocenters. The molecule has 0 bridgehead atoms. The van der Waals surface area contributed by atoms with Crippen molar-refractivity contribution < 1.29 is 19.1 Å².